The maximum Gasteiger partial charge on any atom is 0.141 e. The molecule has 2 rings (SSSR count). The van der Waals surface area contributed by atoms with Crippen LogP contribution in [0.5, 0.6) is 0 Å². The van der Waals surface area contributed by atoms with Crippen LogP contribution in [0, 0.1) is 0 Å². The molecule has 1 fully saturated rings. The van der Waals surface area contributed by atoms with Crippen LogP contribution < -0.4 is 0 Å². The topological polar surface area (TPSA) is 43.2 Å². The van der Waals surface area contributed by atoms with Gasteiger partial charge < -0.3 is 4.74 Å². The van der Waals surface area contributed by atoms with Gasteiger partial charge in [0.2, 0.25) is 0 Å². The van der Waals surface area contributed by atoms with Crippen molar-refractivity contribution < 1.29 is 4.74 Å². The standard InChI is InChI=1S/C13H23ClN4O/c1-10(2)18-12(15-9-16-18)7-17-6-11(5-14)19-13(3,4)8-17/h9-11H,5-8H2,1-4H3. The molecule has 0 aromatic carbocycles. The molecule has 0 saturated carbocycles. The monoisotopic (exact) mass is 286 g/mol. The van der Waals surface area contributed by atoms with Crippen LogP contribution in [-0.2, 0) is 11.3 Å². The zero-order valence-corrected chi connectivity index (χ0v) is 12.9. The van der Waals surface area contributed by atoms with Gasteiger partial charge in [0.25, 0.3) is 0 Å². The van der Waals surface area contributed by atoms with Gasteiger partial charge in [-0.1, -0.05) is 0 Å². The average Bonchev–Trinajstić information content (AvgIpc) is 2.75. The van der Waals surface area contributed by atoms with Gasteiger partial charge in [-0.15, -0.1) is 11.6 Å². The van der Waals surface area contributed by atoms with Crippen molar-refractivity contribution in [1.82, 2.24) is 19.7 Å². The Morgan fingerprint density at radius 3 is 2.89 bits per heavy atom. The largest absolute Gasteiger partial charge is 0.368 e. The molecule has 0 aliphatic carbocycles. The Hall–Kier alpha value is -0.650. The smallest absolute Gasteiger partial charge is 0.141 e. The summed E-state index contributed by atoms with van der Waals surface area (Å²) < 4.78 is 7.90. The fraction of sp³-hybridized carbons (Fsp3) is 0.846. The summed E-state index contributed by atoms with van der Waals surface area (Å²) in [5.41, 5.74) is -0.166. The maximum absolute atomic E-state index is 5.95. The highest BCUT2D eigenvalue weighted by molar-refractivity contribution is 6.18. The second-order valence-electron chi connectivity index (χ2n) is 6.04. The third kappa shape index (κ3) is 3.68. The summed E-state index contributed by atoms with van der Waals surface area (Å²) >= 11 is 5.95. The number of halogens is 1. The van der Waals surface area contributed by atoms with Crippen molar-refractivity contribution in [3.63, 3.8) is 0 Å². The van der Waals surface area contributed by atoms with E-state index in [9.17, 15) is 0 Å². The number of hydrogen-bond acceptors (Lipinski definition) is 4. The fourth-order valence-corrected chi connectivity index (χ4v) is 2.80. The van der Waals surface area contributed by atoms with Crippen molar-refractivity contribution >= 4 is 11.6 Å². The molecule has 108 valence electrons. The zero-order valence-electron chi connectivity index (χ0n) is 12.1. The number of ether oxygens (including phenoxy) is 1. The molecule has 1 aliphatic rings. The van der Waals surface area contributed by atoms with E-state index in [4.69, 9.17) is 16.3 Å². The third-order valence-electron chi connectivity index (χ3n) is 3.23. The summed E-state index contributed by atoms with van der Waals surface area (Å²) in [5, 5.41) is 4.28. The van der Waals surface area contributed by atoms with E-state index in [1.807, 2.05) is 4.68 Å². The van der Waals surface area contributed by atoms with E-state index in [0.29, 0.717) is 11.9 Å². The minimum atomic E-state index is -0.166. The highest BCUT2D eigenvalue weighted by Gasteiger charge is 2.33. The summed E-state index contributed by atoms with van der Waals surface area (Å²) in [6, 6.07) is 0.329. The highest BCUT2D eigenvalue weighted by Crippen LogP contribution is 2.23. The molecule has 1 aromatic heterocycles. The maximum atomic E-state index is 5.95. The van der Waals surface area contributed by atoms with Crippen molar-refractivity contribution in [1.29, 1.82) is 0 Å². The number of nitrogens with zero attached hydrogens (tertiary/aromatic N) is 4. The van der Waals surface area contributed by atoms with Crippen molar-refractivity contribution in [2.75, 3.05) is 19.0 Å². The lowest BCUT2D eigenvalue weighted by Gasteiger charge is -2.42. The summed E-state index contributed by atoms with van der Waals surface area (Å²) in [7, 11) is 0. The lowest BCUT2D eigenvalue weighted by molar-refractivity contribution is -0.130. The number of hydrogen-bond donors (Lipinski definition) is 0. The summed E-state index contributed by atoms with van der Waals surface area (Å²) in [6.45, 7) is 10.9. The molecule has 0 bridgehead atoms. The van der Waals surface area contributed by atoms with E-state index in [2.05, 4.69) is 42.7 Å². The first-order valence-corrected chi connectivity index (χ1v) is 7.29. The van der Waals surface area contributed by atoms with Crippen LogP contribution in [0.2, 0.25) is 0 Å². The molecule has 2 heterocycles. The Morgan fingerprint density at radius 2 is 2.26 bits per heavy atom. The first-order valence-electron chi connectivity index (χ1n) is 6.76. The quantitative estimate of drug-likeness (QED) is 0.795. The minimum Gasteiger partial charge on any atom is -0.368 e. The molecular formula is C13H23ClN4O. The Balaban J connectivity index is 2.07. The molecule has 5 nitrogen and oxygen atoms in total. The van der Waals surface area contributed by atoms with Crippen molar-refractivity contribution in [3.05, 3.63) is 12.2 Å². The number of rotatable bonds is 4. The average molecular weight is 287 g/mol. The molecule has 6 heteroatoms. The molecule has 1 aromatic rings. The van der Waals surface area contributed by atoms with E-state index in [-0.39, 0.29) is 11.7 Å². The molecule has 1 aliphatic heterocycles. The van der Waals surface area contributed by atoms with Gasteiger partial charge in [-0.3, -0.25) is 4.90 Å². The molecule has 0 radical (unpaired) electrons. The highest BCUT2D eigenvalue weighted by atomic mass is 35.5. The number of alkyl halides is 1. The van der Waals surface area contributed by atoms with Gasteiger partial charge >= 0.3 is 0 Å². The summed E-state index contributed by atoms with van der Waals surface area (Å²) in [5.74, 6) is 1.53. The van der Waals surface area contributed by atoms with Gasteiger partial charge in [0.1, 0.15) is 12.2 Å². The molecule has 19 heavy (non-hydrogen) atoms. The van der Waals surface area contributed by atoms with E-state index < -0.39 is 0 Å². The van der Waals surface area contributed by atoms with E-state index >= 15 is 0 Å². The Kier molecular flexibility index (Phi) is 4.48. The molecule has 1 unspecified atom stereocenters. The molecule has 0 N–H and O–H groups in total. The van der Waals surface area contributed by atoms with Gasteiger partial charge in [0.05, 0.1) is 18.2 Å². The number of morpholine rings is 1. The predicted molar refractivity (Wildman–Crippen MR) is 75.4 cm³/mol. The summed E-state index contributed by atoms with van der Waals surface area (Å²) in [4.78, 5) is 6.71. The van der Waals surface area contributed by atoms with Gasteiger partial charge in [-0.2, -0.15) is 5.10 Å². The van der Waals surface area contributed by atoms with Gasteiger partial charge in [-0.25, -0.2) is 9.67 Å². The fourth-order valence-electron chi connectivity index (χ4n) is 2.64. The van der Waals surface area contributed by atoms with Crippen LogP contribution in [0.15, 0.2) is 6.33 Å². The Labute approximate surface area is 119 Å². The van der Waals surface area contributed by atoms with Gasteiger partial charge in [0.15, 0.2) is 0 Å². The second kappa shape index (κ2) is 5.77. The van der Waals surface area contributed by atoms with Crippen molar-refractivity contribution in [2.45, 2.75) is 52.0 Å². The van der Waals surface area contributed by atoms with Gasteiger partial charge in [-0.05, 0) is 27.7 Å². The lowest BCUT2D eigenvalue weighted by Crippen LogP contribution is -2.53. The van der Waals surface area contributed by atoms with E-state index in [1.54, 1.807) is 6.33 Å². The molecule has 1 atom stereocenters. The summed E-state index contributed by atoms with van der Waals surface area (Å²) in [6.07, 6.45) is 1.71. The van der Waals surface area contributed by atoms with Crippen LogP contribution in [0.25, 0.3) is 0 Å². The van der Waals surface area contributed by atoms with Crippen LogP contribution >= 0.6 is 11.6 Å². The first-order chi connectivity index (χ1) is 8.91. The second-order valence-corrected chi connectivity index (χ2v) is 6.35. The Morgan fingerprint density at radius 1 is 1.53 bits per heavy atom. The van der Waals surface area contributed by atoms with Crippen LogP contribution in [0.1, 0.15) is 39.6 Å². The zero-order chi connectivity index (χ0) is 14.0. The van der Waals surface area contributed by atoms with Crippen LogP contribution in [-0.4, -0.2) is 50.3 Å². The van der Waals surface area contributed by atoms with Crippen molar-refractivity contribution in [2.24, 2.45) is 0 Å². The lowest BCUT2D eigenvalue weighted by atomic mass is 10.1. The SMILES string of the molecule is CC(C)n1ncnc1CN1CC(CCl)OC(C)(C)C1. The molecule has 1 saturated heterocycles. The Bertz CT molecular complexity index is 419. The predicted octanol–water partition coefficient (Wildman–Crippen LogP) is 2.08. The first kappa shape index (κ1) is 14.8. The molecular weight excluding hydrogens is 264 g/mol. The van der Waals surface area contributed by atoms with Crippen LogP contribution in [0.3, 0.4) is 0 Å². The van der Waals surface area contributed by atoms with Gasteiger partial charge in [0, 0.05) is 25.0 Å². The van der Waals surface area contributed by atoms with Crippen LogP contribution in [0.4, 0.5) is 0 Å². The molecule has 0 amide bonds. The normalized spacial score (nSPS) is 24.0. The van der Waals surface area contributed by atoms with E-state index in [0.717, 1.165) is 25.5 Å². The van der Waals surface area contributed by atoms with Crippen molar-refractivity contribution in [3.8, 4) is 0 Å². The number of aromatic nitrogens is 3. The third-order valence-corrected chi connectivity index (χ3v) is 3.57. The van der Waals surface area contributed by atoms with E-state index in [1.165, 1.54) is 0 Å². The minimum absolute atomic E-state index is 0.0841. The molecule has 0 spiro atoms.